The number of nitrogens with zero attached hydrogens (tertiary/aromatic N) is 1. The van der Waals surface area contributed by atoms with Gasteiger partial charge in [0.15, 0.2) is 0 Å². The first-order chi connectivity index (χ1) is 21.2. The van der Waals surface area contributed by atoms with E-state index in [1.807, 2.05) is 43.3 Å². The van der Waals surface area contributed by atoms with Gasteiger partial charge in [-0.25, -0.2) is 0 Å². The van der Waals surface area contributed by atoms with Crippen LogP contribution in [-0.4, -0.2) is 35.7 Å². The zero-order chi connectivity index (χ0) is 31.5. The molecule has 0 amide bonds. The number of halogens is 5. The Kier molecular flexibility index (Phi) is 13.8. The van der Waals surface area contributed by atoms with Crippen LogP contribution in [0, 0.1) is 0 Å². The Morgan fingerprint density at radius 3 is 2.07 bits per heavy atom. The second-order valence-corrected chi connectivity index (χ2v) is 11.2. The maximum absolute atomic E-state index is 13.6. The molecule has 0 radical (unpaired) electrons. The van der Waals surface area contributed by atoms with Gasteiger partial charge >= 0.3 is 12.1 Å². The third kappa shape index (κ3) is 10.2. The summed E-state index contributed by atoms with van der Waals surface area (Å²) in [6.07, 6.45) is -2.67. The predicted molar refractivity (Wildman–Crippen MR) is 176 cm³/mol. The molecule has 45 heavy (non-hydrogen) atoms. The number of rotatable bonds is 15. The average Bonchev–Trinajstić information content (AvgIpc) is 3.01. The summed E-state index contributed by atoms with van der Waals surface area (Å²) >= 11 is 6.32. The zero-order valence-electron chi connectivity index (χ0n) is 25.1. The fourth-order valence-electron chi connectivity index (χ4n) is 5.45. The number of hydrogen-bond donors (Lipinski definition) is 1. The van der Waals surface area contributed by atoms with Crippen LogP contribution in [0.1, 0.15) is 65.8 Å². The van der Waals surface area contributed by atoms with E-state index in [-0.39, 0.29) is 29.9 Å². The Morgan fingerprint density at radius 1 is 0.889 bits per heavy atom. The van der Waals surface area contributed by atoms with Crippen molar-refractivity contribution in [2.45, 2.75) is 50.7 Å². The number of benzene rings is 4. The van der Waals surface area contributed by atoms with Gasteiger partial charge in [0.2, 0.25) is 0 Å². The third-order valence-electron chi connectivity index (χ3n) is 7.65. The van der Waals surface area contributed by atoms with Crippen molar-refractivity contribution in [1.29, 1.82) is 0 Å². The summed E-state index contributed by atoms with van der Waals surface area (Å²) in [5.41, 5.74) is 2.47. The zero-order valence-corrected chi connectivity index (χ0v) is 26.6. The summed E-state index contributed by atoms with van der Waals surface area (Å²) in [7, 11) is 0. The normalized spacial score (nSPS) is 12.2. The molecule has 0 saturated heterocycles. The molecule has 4 rings (SSSR count). The molecule has 0 fully saturated rings. The molecule has 1 atom stereocenters. The summed E-state index contributed by atoms with van der Waals surface area (Å²) in [4.78, 5) is 13.9. The predicted octanol–water partition coefficient (Wildman–Crippen LogP) is 9.85. The van der Waals surface area contributed by atoms with Crippen molar-refractivity contribution in [3.05, 3.63) is 136 Å². The minimum absolute atomic E-state index is 0. The summed E-state index contributed by atoms with van der Waals surface area (Å²) in [6.45, 7) is 3.62. The van der Waals surface area contributed by atoms with Gasteiger partial charge in [-0.1, -0.05) is 110 Å². The van der Waals surface area contributed by atoms with Crippen LogP contribution in [0.15, 0.2) is 103 Å². The first kappa shape index (κ1) is 36.0. The molecular weight excluding hydrogens is 622 g/mol. The monoisotopic (exact) mass is 659 g/mol. The maximum atomic E-state index is 13.6. The van der Waals surface area contributed by atoms with Crippen molar-refractivity contribution in [2.24, 2.45) is 0 Å². The molecule has 0 aromatic heterocycles. The highest BCUT2D eigenvalue weighted by Gasteiger charge is 2.34. The number of hydrogen-bond acceptors (Lipinski definition) is 3. The van der Waals surface area contributed by atoms with Crippen LogP contribution in [0.4, 0.5) is 13.2 Å². The second-order valence-electron chi connectivity index (χ2n) is 10.8. The summed E-state index contributed by atoms with van der Waals surface area (Å²) < 4.78 is 47.0. The molecule has 0 bridgehead atoms. The molecule has 0 heterocycles. The van der Waals surface area contributed by atoms with E-state index in [1.54, 1.807) is 30.3 Å². The molecular formula is C36H38Cl2F3NO3. The average molecular weight is 661 g/mol. The minimum atomic E-state index is -4.55. The first-order valence-corrected chi connectivity index (χ1v) is 15.2. The highest BCUT2D eigenvalue weighted by molar-refractivity contribution is 6.32. The Hall–Kier alpha value is -3.52. The van der Waals surface area contributed by atoms with E-state index in [0.717, 1.165) is 23.6 Å². The standard InChI is InChI=1S/C36H37ClF3NO3.ClH/c1-2-12-31(35(42)43)28-17-9-19-30(23-28)44-22-11-21-41(24-29-18-10-20-33(34(29)37)36(38,39)40)25-32(26-13-5-3-6-14-26)27-15-7-4-8-16-27;/h3-10,13-20,23,31-32H,2,11-12,21-22,24-25H2,1H3,(H,42,43);1H/t31-;/m0./s1. The van der Waals surface area contributed by atoms with Crippen molar-refractivity contribution in [3.63, 3.8) is 0 Å². The SMILES string of the molecule is CCC[C@H](C(=O)O)c1cccc(OCCCN(Cc2cccc(C(F)(F)F)c2Cl)CC(c2ccccc2)c2ccccc2)c1.Cl. The summed E-state index contributed by atoms with van der Waals surface area (Å²) in [6, 6.07) is 31.3. The van der Waals surface area contributed by atoms with Crippen molar-refractivity contribution in [3.8, 4) is 5.75 Å². The molecule has 1 N–H and O–H groups in total. The van der Waals surface area contributed by atoms with Crippen LogP contribution in [0.2, 0.25) is 5.02 Å². The number of carbonyl (C=O) groups is 1. The van der Waals surface area contributed by atoms with Gasteiger partial charge in [0.1, 0.15) is 5.75 Å². The number of alkyl halides is 3. The van der Waals surface area contributed by atoms with E-state index in [4.69, 9.17) is 16.3 Å². The first-order valence-electron chi connectivity index (χ1n) is 14.8. The lowest BCUT2D eigenvalue weighted by atomic mass is 9.90. The molecule has 4 nitrogen and oxygen atoms in total. The molecule has 0 aliphatic rings. The Balaban J connectivity index is 0.00000552. The lowest BCUT2D eigenvalue weighted by Gasteiger charge is -2.29. The molecule has 4 aromatic carbocycles. The quantitative estimate of drug-likeness (QED) is 0.129. The molecule has 0 aliphatic carbocycles. The molecule has 0 unspecified atom stereocenters. The second kappa shape index (κ2) is 17.2. The van der Waals surface area contributed by atoms with E-state index >= 15 is 0 Å². The topological polar surface area (TPSA) is 49.8 Å². The van der Waals surface area contributed by atoms with Crippen LogP contribution >= 0.6 is 24.0 Å². The Labute approximate surface area is 274 Å². The maximum Gasteiger partial charge on any atom is 0.417 e. The lowest BCUT2D eigenvalue weighted by Crippen LogP contribution is -2.31. The van der Waals surface area contributed by atoms with Crippen LogP contribution in [0.25, 0.3) is 0 Å². The Morgan fingerprint density at radius 2 is 1.49 bits per heavy atom. The van der Waals surface area contributed by atoms with Gasteiger partial charge in [-0.3, -0.25) is 9.69 Å². The molecule has 0 aliphatic heterocycles. The van der Waals surface area contributed by atoms with Gasteiger partial charge < -0.3 is 9.84 Å². The van der Waals surface area contributed by atoms with Gasteiger partial charge in [0.05, 0.1) is 23.1 Å². The van der Waals surface area contributed by atoms with E-state index in [1.165, 1.54) is 6.07 Å². The highest BCUT2D eigenvalue weighted by Crippen LogP contribution is 2.37. The van der Waals surface area contributed by atoms with E-state index < -0.39 is 23.6 Å². The molecule has 240 valence electrons. The number of carboxylic acids is 1. The highest BCUT2D eigenvalue weighted by atomic mass is 35.5. The van der Waals surface area contributed by atoms with Crippen molar-refractivity contribution in [2.75, 3.05) is 19.7 Å². The summed E-state index contributed by atoms with van der Waals surface area (Å²) in [5, 5.41) is 9.36. The van der Waals surface area contributed by atoms with Gasteiger partial charge in [0, 0.05) is 25.6 Å². The number of aliphatic carboxylic acids is 1. The molecule has 9 heteroatoms. The fourth-order valence-corrected chi connectivity index (χ4v) is 5.74. The minimum Gasteiger partial charge on any atom is -0.494 e. The molecule has 0 spiro atoms. The smallest absolute Gasteiger partial charge is 0.417 e. The van der Waals surface area contributed by atoms with Crippen LogP contribution < -0.4 is 4.74 Å². The fraction of sp³-hybridized carbons (Fsp3) is 0.306. The van der Waals surface area contributed by atoms with Crippen LogP contribution in [-0.2, 0) is 17.5 Å². The van der Waals surface area contributed by atoms with Crippen molar-refractivity contribution < 1.29 is 27.8 Å². The Bertz CT molecular complexity index is 1450. The van der Waals surface area contributed by atoms with Gasteiger partial charge in [-0.05, 0) is 53.3 Å². The van der Waals surface area contributed by atoms with Gasteiger partial charge in [-0.15, -0.1) is 12.4 Å². The van der Waals surface area contributed by atoms with Crippen molar-refractivity contribution in [1.82, 2.24) is 4.90 Å². The molecule has 0 saturated carbocycles. The number of carboxylic acid groups (broad SMARTS) is 1. The van der Waals surface area contributed by atoms with Crippen molar-refractivity contribution >= 4 is 30.0 Å². The largest absolute Gasteiger partial charge is 0.494 e. The lowest BCUT2D eigenvalue weighted by molar-refractivity contribution is -0.139. The van der Waals surface area contributed by atoms with E-state index in [0.29, 0.717) is 49.4 Å². The van der Waals surface area contributed by atoms with Gasteiger partial charge in [0.25, 0.3) is 0 Å². The van der Waals surface area contributed by atoms with Crippen LogP contribution in [0.3, 0.4) is 0 Å². The number of ether oxygens (including phenoxy) is 1. The van der Waals surface area contributed by atoms with Gasteiger partial charge in [-0.2, -0.15) is 13.2 Å². The van der Waals surface area contributed by atoms with Crippen LogP contribution in [0.5, 0.6) is 5.75 Å². The molecule has 4 aromatic rings. The van der Waals surface area contributed by atoms with E-state index in [2.05, 4.69) is 29.2 Å². The van der Waals surface area contributed by atoms with E-state index in [9.17, 15) is 23.1 Å². The third-order valence-corrected chi connectivity index (χ3v) is 8.09. The summed E-state index contributed by atoms with van der Waals surface area (Å²) in [5.74, 6) is -0.890.